The molecule has 0 atom stereocenters. The number of carbonyl (C=O) groups excluding carboxylic acids is 1. The number of nitrogens with zero attached hydrogens (tertiary/aromatic N) is 2. The Labute approximate surface area is 121 Å². The third-order valence-corrected chi connectivity index (χ3v) is 3.26. The monoisotopic (exact) mass is 317 g/mol. The number of benzene rings is 1. The topological polar surface area (TPSA) is 92.2 Å². The van der Waals surface area contributed by atoms with Crippen molar-refractivity contribution in [3.05, 3.63) is 39.6 Å². The number of aromatic nitrogens is 2. The molecule has 2 N–H and O–H groups in total. The van der Waals surface area contributed by atoms with E-state index in [4.69, 9.17) is 28.3 Å². The minimum absolute atomic E-state index is 0.0244. The number of hydrogen-bond acceptors (Lipinski definition) is 5. The van der Waals surface area contributed by atoms with Crippen LogP contribution in [0.15, 0.2) is 18.3 Å². The van der Waals surface area contributed by atoms with Crippen LogP contribution in [0.2, 0.25) is 10.0 Å². The van der Waals surface area contributed by atoms with E-state index in [1.165, 1.54) is 18.3 Å². The quantitative estimate of drug-likeness (QED) is 0.908. The molecule has 1 heterocycles. The van der Waals surface area contributed by atoms with Crippen LogP contribution >= 0.6 is 34.9 Å². The first kappa shape index (κ1) is 13.7. The van der Waals surface area contributed by atoms with Gasteiger partial charge in [-0.3, -0.25) is 4.79 Å². The second kappa shape index (κ2) is 5.52. The van der Waals surface area contributed by atoms with Gasteiger partial charge in [-0.15, -0.1) is 0 Å². The van der Waals surface area contributed by atoms with Crippen molar-refractivity contribution in [2.24, 2.45) is 0 Å². The fourth-order valence-corrected chi connectivity index (χ4v) is 2.18. The van der Waals surface area contributed by atoms with E-state index in [2.05, 4.69) is 14.1 Å². The van der Waals surface area contributed by atoms with Crippen molar-refractivity contribution < 1.29 is 14.7 Å². The molecule has 0 aliphatic carbocycles. The van der Waals surface area contributed by atoms with E-state index < -0.39 is 11.9 Å². The summed E-state index contributed by atoms with van der Waals surface area (Å²) in [4.78, 5) is 23.0. The summed E-state index contributed by atoms with van der Waals surface area (Å²) in [5, 5.41) is 11.5. The molecular formula is C10H5Cl2N3O3S. The minimum Gasteiger partial charge on any atom is -0.478 e. The van der Waals surface area contributed by atoms with Gasteiger partial charge in [-0.05, 0) is 12.1 Å². The smallest absolute Gasteiger partial charge is 0.339 e. The van der Waals surface area contributed by atoms with Crippen LogP contribution in [-0.2, 0) is 0 Å². The first-order valence-corrected chi connectivity index (χ1v) is 6.29. The fraction of sp³-hybridized carbons (Fsp3) is 0. The molecule has 2 aromatic rings. The average Bonchev–Trinajstić information content (AvgIpc) is 2.87. The van der Waals surface area contributed by atoms with Crippen LogP contribution in [0.5, 0.6) is 0 Å². The van der Waals surface area contributed by atoms with E-state index in [0.29, 0.717) is 0 Å². The minimum atomic E-state index is -1.29. The molecule has 1 amide bonds. The van der Waals surface area contributed by atoms with Crippen molar-refractivity contribution in [3.63, 3.8) is 0 Å². The van der Waals surface area contributed by atoms with E-state index in [1.807, 2.05) is 0 Å². The Hall–Kier alpha value is -1.70. The molecule has 6 nitrogen and oxygen atoms in total. The first-order chi connectivity index (χ1) is 9.00. The number of carbonyl (C=O) groups is 2. The van der Waals surface area contributed by atoms with Gasteiger partial charge in [-0.2, -0.15) is 8.75 Å². The largest absolute Gasteiger partial charge is 0.478 e. The Morgan fingerprint density at radius 3 is 2.53 bits per heavy atom. The number of nitrogens with one attached hydrogen (secondary N) is 1. The molecule has 19 heavy (non-hydrogen) atoms. The van der Waals surface area contributed by atoms with Crippen LogP contribution in [0, 0.1) is 0 Å². The Bertz CT molecular complexity index is 646. The van der Waals surface area contributed by atoms with Crippen LogP contribution < -0.4 is 5.32 Å². The van der Waals surface area contributed by atoms with Gasteiger partial charge >= 0.3 is 5.97 Å². The molecule has 98 valence electrons. The first-order valence-electron chi connectivity index (χ1n) is 4.81. The van der Waals surface area contributed by atoms with E-state index in [-0.39, 0.29) is 27.0 Å². The van der Waals surface area contributed by atoms with Gasteiger partial charge in [-0.1, -0.05) is 23.2 Å². The maximum Gasteiger partial charge on any atom is 0.339 e. The molecule has 0 saturated carbocycles. The highest BCUT2D eigenvalue weighted by atomic mass is 35.5. The number of amides is 1. The zero-order valence-corrected chi connectivity index (χ0v) is 11.4. The molecule has 0 aliphatic heterocycles. The zero-order chi connectivity index (χ0) is 14.0. The van der Waals surface area contributed by atoms with Crippen LogP contribution in [0.25, 0.3) is 0 Å². The van der Waals surface area contributed by atoms with Gasteiger partial charge in [0, 0.05) is 0 Å². The fourth-order valence-electron chi connectivity index (χ4n) is 1.33. The normalized spacial score (nSPS) is 10.2. The molecule has 1 aromatic heterocycles. The molecule has 0 bridgehead atoms. The van der Waals surface area contributed by atoms with E-state index in [9.17, 15) is 9.59 Å². The summed E-state index contributed by atoms with van der Waals surface area (Å²) in [5.41, 5.74) is -0.275. The average molecular weight is 318 g/mol. The Morgan fingerprint density at radius 2 is 1.95 bits per heavy atom. The van der Waals surface area contributed by atoms with Crippen molar-refractivity contribution in [3.8, 4) is 0 Å². The van der Waals surface area contributed by atoms with Crippen molar-refractivity contribution in [1.29, 1.82) is 0 Å². The number of rotatable bonds is 3. The summed E-state index contributed by atoms with van der Waals surface area (Å²) in [5.74, 6) is -1.90. The second-order valence-corrected chi connectivity index (χ2v) is 4.70. The van der Waals surface area contributed by atoms with Crippen LogP contribution in [0.3, 0.4) is 0 Å². The third-order valence-electron chi connectivity index (χ3n) is 2.15. The van der Waals surface area contributed by atoms with Crippen LogP contribution in [-0.4, -0.2) is 25.7 Å². The molecule has 0 unspecified atom stereocenters. The lowest BCUT2D eigenvalue weighted by Crippen LogP contribution is -2.15. The van der Waals surface area contributed by atoms with Gasteiger partial charge in [0.1, 0.15) is 5.56 Å². The van der Waals surface area contributed by atoms with Gasteiger partial charge in [0.05, 0.1) is 33.7 Å². The number of hydrogen-bond donors (Lipinski definition) is 2. The molecule has 0 saturated heterocycles. The Morgan fingerprint density at radius 1 is 1.26 bits per heavy atom. The molecular weight excluding hydrogens is 313 g/mol. The lowest BCUT2D eigenvalue weighted by molar-refractivity contribution is 0.0698. The Kier molecular flexibility index (Phi) is 3.98. The second-order valence-electron chi connectivity index (χ2n) is 3.33. The molecule has 0 radical (unpaired) electrons. The predicted molar refractivity (Wildman–Crippen MR) is 71.3 cm³/mol. The molecule has 0 aliphatic rings. The molecule has 2 rings (SSSR count). The molecule has 9 heteroatoms. The highest BCUT2D eigenvalue weighted by Gasteiger charge is 2.20. The highest BCUT2D eigenvalue weighted by Crippen LogP contribution is 2.32. The molecule has 1 aromatic carbocycles. The summed E-state index contributed by atoms with van der Waals surface area (Å²) in [6.07, 6.45) is 1.26. The van der Waals surface area contributed by atoms with Gasteiger partial charge in [-0.25, -0.2) is 4.79 Å². The standard InChI is InChI=1S/C10H5Cl2N3O3S/c11-4-1-2-5(12)8(7(4)10(17)18)14-9(16)6-3-13-19-15-6/h1-3H,(H,14,16)(H,17,18). The van der Waals surface area contributed by atoms with Crippen LogP contribution in [0.1, 0.15) is 20.8 Å². The van der Waals surface area contributed by atoms with Crippen molar-refractivity contribution in [2.75, 3.05) is 5.32 Å². The zero-order valence-electron chi connectivity index (χ0n) is 9.05. The van der Waals surface area contributed by atoms with E-state index in [1.54, 1.807) is 0 Å². The maximum atomic E-state index is 11.8. The van der Waals surface area contributed by atoms with Crippen molar-refractivity contribution in [1.82, 2.24) is 8.75 Å². The summed E-state index contributed by atoms with van der Waals surface area (Å²) in [6, 6.07) is 2.73. The number of anilines is 1. The lowest BCUT2D eigenvalue weighted by atomic mass is 10.1. The predicted octanol–water partition coefficient (Wildman–Crippen LogP) is 2.80. The summed E-state index contributed by atoms with van der Waals surface area (Å²) >= 11 is 12.5. The SMILES string of the molecule is O=C(Nc1c(Cl)ccc(Cl)c1C(=O)O)c1cnsn1. The van der Waals surface area contributed by atoms with Gasteiger partial charge in [0.2, 0.25) is 0 Å². The van der Waals surface area contributed by atoms with E-state index >= 15 is 0 Å². The number of carboxylic acids is 1. The van der Waals surface area contributed by atoms with Crippen molar-refractivity contribution in [2.45, 2.75) is 0 Å². The summed E-state index contributed by atoms with van der Waals surface area (Å²) < 4.78 is 7.41. The Balaban J connectivity index is 2.42. The summed E-state index contributed by atoms with van der Waals surface area (Å²) in [7, 11) is 0. The summed E-state index contributed by atoms with van der Waals surface area (Å²) in [6.45, 7) is 0. The molecule has 0 fully saturated rings. The van der Waals surface area contributed by atoms with Gasteiger partial charge < -0.3 is 10.4 Å². The lowest BCUT2D eigenvalue weighted by Gasteiger charge is -2.10. The number of halogens is 2. The maximum absolute atomic E-state index is 11.8. The van der Waals surface area contributed by atoms with Gasteiger partial charge in [0.15, 0.2) is 5.69 Å². The third kappa shape index (κ3) is 2.83. The number of carboxylic acid groups (broad SMARTS) is 1. The number of aromatic carboxylic acids is 1. The van der Waals surface area contributed by atoms with E-state index in [0.717, 1.165) is 11.7 Å². The van der Waals surface area contributed by atoms with Crippen LogP contribution in [0.4, 0.5) is 5.69 Å². The highest BCUT2D eigenvalue weighted by molar-refractivity contribution is 6.99. The van der Waals surface area contributed by atoms with Crippen molar-refractivity contribution >= 4 is 52.5 Å². The molecule has 0 spiro atoms. The van der Waals surface area contributed by atoms with Gasteiger partial charge in [0.25, 0.3) is 5.91 Å².